The summed E-state index contributed by atoms with van der Waals surface area (Å²) in [4.78, 5) is 18.1. The summed E-state index contributed by atoms with van der Waals surface area (Å²) in [5.74, 6) is 0.236. The molecule has 2 aromatic rings. The number of aliphatic hydroxyl groups is 1. The number of hydrogen-bond donors (Lipinski definition) is 1. The second-order valence-electron chi connectivity index (χ2n) is 6.13. The minimum Gasteiger partial charge on any atom is -0.388 e. The van der Waals surface area contributed by atoms with Gasteiger partial charge in [-0.05, 0) is 48.1 Å². The van der Waals surface area contributed by atoms with Crippen molar-refractivity contribution < 1.29 is 9.90 Å². The maximum Gasteiger partial charge on any atom is 0.246 e. The molecule has 0 unspecified atom stereocenters. The minimum absolute atomic E-state index is 0.0273. The molecular weight excluding hydrogens is 300 g/mol. The standard InChI is InChI=1S/C20H22N2O2/c23-19(7-6-16-8-12-21-13-9-16)22-14-10-18(11-15-22)20(24)17-4-2-1-3-5-17/h1-9,12-13,18,20,24H,10-11,14-15H2/b7-6+/t20-/m1/s1. The predicted molar refractivity (Wildman–Crippen MR) is 94.0 cm³/mol. The van der Waals surface area contributed by atoms with Crippen molar-refractivity contribution in [1.82, 2.24) is 9.88 Å². The van der Waals surface area contributed by atoms with E-state index < -0.39 is 6.10 Å². The van der Waals surface area contributed by atoms with Crippen molar-refractivity contribution in [1.29, 1.82) is 0 Å². The monoisotopic (exact) mass is 322 g/mol. The third-order valence-electron chi connectivity index (χ3n) is 4.56. The Hall–Kier alpha value is -2.46. The minimum atomic E-state index is -0.448. The first-order valence-corrected chi connectivity index (χ1v) is 8.34. The number of nitrogens with zero attached hydrogens (tertiary/aromatic N) is 2. The lowest BCUT2D eigenvalue weighted by atomic mass is 9.87. The van der Waals surface area contributed by atoms with E-state index >= 15 is 0 Å². The topological polar surface area (TPSA) is 53.4 Å². The molecule has 0 saturated carbocycles. The van der Waals surface area contributed by atoms with Crippen LogP contribution in [-0.2, 0) is 4.79 Å². The van der Waals surface area contributed by atoms with E-state index in [-0.39, 0.29) is 11.8 Å². The van der Waals surface area contributed by atoms with E-state index in [0.29, 0.717) is 13.1 Å². The number of piperidine rings is 1. The highest BCUT2D eigenvalue weighted by Crippen LogP contribution is 2.30. The highest BCUT2D eigenvalue weighted by atomic mass is 16.3. The molecule has 1 amide bonds. The van der Waals surface area contributed by atoms with Gasteiger partial charge in [-0.25, -0.2) is 0 Å². The van der Waals surface area contributed by atoms with Crippen LogP contribution < -0.4 is 0 Å². The Kier molecular flexibility index (Phi) is 5.39. The molecule has 1 aromatic carbocycles. The number of benzene rings is 1. The van der Waals surface area contributed by atoms with Gasteiger partial charge in [-0.1, -0.05) is 30.3 Å². The van der Waals surface area contributed by atoms with Crippen LogP contribution in [0.2, 0.25) is 0 Å². The zero-order chi connectivity index (χ0) is 16.8. The highest BCUT2D eigenvalue weighted by Gasteiger charge is 2.27. The third-order valence-corrected chi connectivity index (χ3v) is 4.56. The Morgan fingerprint density at radius 1 is 1.12 bits per heavy atom. The van der Waals surface area contributed by atoms with Crippen molar-refractivity contribution in [3.63, 3.8) is 0 Å². The highest BCUT2D eigenvalue weighted by molar-refractivity contribution is 5.91. The van der Waals surface area contributed by atoms with Gasteiger partial charge in [0.25, 0.3) is 0 Å². The van der Waals surface area contributed by atoms with E-state index in [1.807, 2.05) is 53.4 Å². The van der Waals surface area contributed by atoms with E-state index in [1.165, 1.54) is 0 Å². The van der Waals surface area contributed by atoms with Crippen LogP contribution in [0.3, 0.4) is 0 Å². The third kappa shape index (κ3) is 4.09. The van der Waals surface area contributed by atoms with Gasteiger partial charge >= 0.3 is 0 Å². The fourth-order valence-corrected chi connectivity index (χ4v) is 3.11. The maximum atomic E-state index is 12.3. The van der Waals surface area contributed by atoms with Gasteiger partial charge in [-0.2, -0.15) is 0 Å². The van der Waals surface area contributed by atoms with Gasteiger partial charge in [0.1, 0.15) is 0 Å². The fraction of sp³-hybridized carbons (Fsp3) is 0.300. The summed E-state index contributed by atoms with van der Waals surface area (Å²) in [6.07, 6.45) is 8.05. The molecule has 1 aromatic heterocycles. The van der Waals surface area contributed by atoms with E-state index in [2.05, 4.69) is 4.98 Å². The van der Waals surface area contributed by atoms with Crippen LogP contribution in [0.25, 0.3) is 6.08 Å². The first kappa shape index (κ1) is 16.4. The molecule has 1 aliphatic rings. The molecule has 1 N–H and O–H groups in total. The first-order valence-electron chi connectivity index (χ1n) is 8.34. The average Bonchev–Trinajstić information content (AvgIpc) is 2.67. The first-order chi connectivity index (χ1) is 11.7. The van der Waals surface area contributed by atoms with Gasteiger partial charge in [0, 0.05) is 31.6 Å². The molecule has 4 nitrogen and oxygen atoms in total. The van der Waals surface area contributed by atoms with Crippen LogP contribution in [0, 0.1) is 5.92 Å². The molecule has 4 heteroatoms. The molecule has 1 fully saturated rings. The number of amides is 1. The smallest absolute Gasteiger partial charge is 0.246 e. The molecule has 0 spiro atoms. The van der Waals surface area contributed by atoms with Gasteiger partial charge in [-0.3, -0.25) is 9.78 Å². The number of aliphatic hydroxyl groups excluding tert-OH is 1. The Morgan fingerprint density at radius 2 is 1.79 bits per heavy atom. The van der Waals surface area contributed by atoms with Crippen molar-refractivity contribution in [2.75, 3.05) is 13.1 Å². The molecule has 0 aliphatic carbocycles. The van der Waals surface area contributed by atoms with Crippen molar-refractivity contribution in [3.05, 3.63) is 72.1 Å². The fourth-order valence-electron chi connectivity index (χ4n) is 3.11. The number of likely N-dealkylation sites (tertiary alicyclic amines) is 1. The lowest BCUT2D eigenvalue weighted by molar-refractivity contribution is -0.127. The van der Waals surface area contributed by atoms with Gasteiger partial charge in [-0.15, -0.1) is 0 Å². The van der Waals surface area contributed by atoms with Crippen LogP contribution in [0.1, 0.15) is 30.1 Å². The molecule has 24 heavy (non-hydrogen) atoms. The van der Waals surface area contributed by atoms with Crippen molar-refractivity contribution in [3.8, 4) is 0 Å². The summed E-state index contributed by atoms with van der Waals surface area (Å²) in [6.45, 7) is 1.38. The molecule has 124 valence electrons. The normalized spacial score (nSPS) is 17.1. The van der Waals surface area contributed by atoms with Crippen LogP contribution >= 0.6 is 0 Å². The quantitative estimate of drug-likeness (QED) is 0.880. The van der Waals surface area contributed by atoms with Crippen LogP contribution in [0.4, 0.5) is 0 Å². The van der Waals surface area contributed by atoms with Crippen LogP contribution in [0.5, 0.6) is 0 Å². The summed E-state index contributed by atoms with van der Waals surface area (Å²) in [7, 11) is 0. The van der Waals surface area contributed by atoms with E-state index in [0.717, 1.165) is 24.0 Å². The van der Waals surface area contributed by atoms with Crippen LogP contribution in [-0.4, -0.2) is 34.0 Å². The van der Waals surface area contributed by atoms with Gasteiger partial charge in [0.05, 0.1) is 6.10 Å². The van der Waals surface area contributed by atoms with Crippen molar-refractivity contribution >= 4 is 12.0 Å². The average molecular weight is 322 g/mol. The second kappa shape index (κ2) is 7.88. The lowest BCUT2D eigenvalue weighted by Crippen LogP contribution is -2.38. The van der Waals surface area contributed by atoms with Gasteiger partial charge < -0.3 is 10.0 Å². The summed E-state index contributed by atoms with van der Waals surface area (Å²) in [5.41, 5.74) is 1.92. The Labute approximate surface area is 142 Å². The number of pyridine rings is 1. The Morgan fingerprint density at radius 3 is 2.46 bits per heavy atom. The second-order valence-corrected chi connectivity index (χ2v) is 6.13. The van der Waals surface area contributed by atoms with E-state index in [4.69, 9.17) is 0 Å². The summed E-state index contributed by atoms with van der Waals surface area (Å²) in [5, 5.41) is 10.5. The number of carbonyl (C=O) groups excluding carboxylic acids is 1. The molecule has 1 atom stereocenters. The largest absolute Gasteiger partial charge is 0.388 e. The molecule has 1 saturated heterocycles. The number of rotatable bonds is 4. The molecular formula is C20H22N2O2. The van der Waals surface area contributed by atoms with Crippen LogP contribution in [0.15, 0.2) is 60.9 Å². The lowest BCUT2D eigenvalue weighted by Gasteiger charge is -2.33. The van der Waals surface area contributed by atoms with Gasteiger partial charge in [0.15, 0.2) is 0 Å². The van der Waals surface area contributed by atoms with Gasteiger partial charge in [0.2, 0.25) is 5.91 Å². The Bertz CT molecular complexity index is 677. The zero-order valence-corrected chi connectivity index (χ0v) is 13.6. The summed E-state index contributed by atoms with van der Waals surface area (Å²) >= 11 is 0. The summed E-state index contributed by atoms with van der Waals surface area (Å²) < 4.78 is 0. The molecule has 1 aliphatic heterocycles. The predicted octanol–water partition coefficient (Wildman–Crippen LogP) is 3.07. The molecule has 2 heterocycles. The Balaban J connectivity index is 1.53. The van der Waals surface area contributed by atoms with E-state index in [9.17, 15) is 9.90 Å². The zero-order valence-electron chi connectivity index (χ0n) is 13.6. The molecule has 0 bridgehead atoms. The van der Waals surface area contributed by atoms with Crippen molar-refractivity contribution in [2.45, 2.75) is 18.9 Å². The van der Waals surface area contributed by atoms with E-state index in [1.54, 1.807) is 18.5 Å². The SMILES string of the molecule is O=C(/C=C/c1ccncc1)N1CCC([C@H](O)c2ccccc2)CC1. The number of aromatic nitrogens is 1. The maximum absolute atomic E-state index is 12.3. The number of carbonyl (C=O) groups is 1. The molecule has 0 radical (unpaired) electrons. The molecule has 3 rings (SSSR count). The number of hydrogen-bond acceptors (Lipinski definition) is 3. The summed E-state index contributed by atoms with van der Waals surface area (Å²) in [6, 6.07) is 13.5. The van der Waals surface area contributed by atoms with Crippen molar-refractivity contribution in [2.24, 2.45) is 5.92 Å².